The van der Waals surface area contributed by atoms with E-state index >= 15 is 0 Å². The van der Waals surface area contributed by atoms with Crippen LogP contribution in [0.25, 0.3) is 33.3 Å². The molecule has 1 atom stereocenters. The molecule has 5 aromatic rings. The average Bonchev–Trinajstić information content (AvgIpc) is 2.92. The number of hydrogen-bond donors (Lipinski definition) is 2. The normalized spacial score (nSPS) is 12.1. The molecular formula is C30H27N3O. The highest BCUT2D eigenvalue weighted by Crippen LogP contribution is 2.34. The van der Waals surface area contributed by atoms with E-state index in [1.54, 1.807) is 0 Å². The number of fused-ring (bicyclic) bond motifs is 1. The second-order valence-corrected chi connectivity index (χ2v) is 8.44. The summed E-state index contributed by atoms with van der Waals surface area (Å²) in [4.78, 5) is 9.76. The minimum Gasteiger partial charge on any atom is -0.388 e. The molecule has 34 heavy (non-hydrogen) atoms. The molecule has 4 heteroatoms. The lowest BCUT2D eigenvalue weighted by Gasteiger charge is -2.15. The summed E-state index contributed by atoms with van der Waals surface area (Å²) in [6, 6.07) is 32.5. The third-order valence-corrected chi connectivity index (χ3v) is 6.21. The smallest absolute Gasteiger partial charge is 0.0793 e. The minimum atomic E-state index is -0.528. The zero-order chi connectivity index (χ0) is 23.3. The van der Waals surface area contributed by atoms with Crippen molar-refractivity contribution in [3.63, 3.8) is 0 Å². The molecule has 5 rings (SSSR count). The van der Waals surface area contributed by atoms with E-state index in [-0.39, 0.29) is 0 Å². The summed E-state index contributed by atoms with van der Waals surface area (Å²) in [6.45, 7) is 0.515. The Balaban J connectivity index is 1.57. The van der Waals surface area contributed by atoms with E-state index in [4.69, 9.17) is 10.7 Å². The van der Waals surface area contributed by atoms with Crippen LogP contribution in [0, 0.1) is 0 Å². The van der Waals surface area contributed by atoms with Gasteiger partial charge in [0.2, 0.25) is 0 Å². The molecular weight excluding hydrogens is 418 g/mol. The van der Waals surface area contributed by atoms with Gasteiger partial charge in [0.05, 0.1) is 17.3 Å². The SMILES string of the molecule is NCc1ccc(-c2nc3ccnc(CCC(O)c4ccccc4)c3cc2-c2ccccc2)cc1. The highest BCUT2D eigenvalue weighted by molar-refractivity contribution is 5.92. The van der Waals surface area contributed by atoms with Gasteiger partial charge in [-0.25, -0.2) is 4.98 Å². The Morgan fingerprint density at radius 2 is 1.50 bits per heavy atom. The first-order valence-corrected chi connectivity index (χ1v) is 11.6. The Kier molecular flexibility index (Phi) is 6.43. The topological polar surface area (TPSA) is 72.0 Å². The van der Waals surface area contributed by atoms with E-state index in [0.717, 1.165) is 50.1 Å². The number of rotatable bonds is 7. The Morgan fingerprint density at radius 3 is 2.21 bits per heavy atom. The van der Waals surface area contributed by atoms with Crippen LogP contribution in [-0.2, 0) is 13.0 Å². The first kappa shape index (κ1) is 22.0. The van der Waals surface area contributed by atoms with Gasteiger partial charge in [0, 0.05) is 34.9 Å². The first-order valence-electron chi connectivity index (χ1n) is 11.6. The van der Waals surface area contributed by atoms with Crippen molar-refractivity contribution in [3.8, 4) is 22.4 Å². The lowest BCUT2D eigenvalue weighted by Crippen LogP contribution is -2.02. The molecule has 2 aromatic heterocycles. The molecule has 0 amide bonds. The second-order valence-electron chi connectivity index (χ2n) is 8.44. The zero-order valence-electron chi connectivity index (χ0n) is 18.9. The minimum absolute atomic E-state index is 0.515. The van der Waals surface area contributed by atoms with Gasteiger partial charge in [-0.2, -0.15) is 0 Å². The number of hydrogen-bond acceptors (Lipinski definition) is 4. The molecule has 0 spiro atoms. The standard InChI is InChI=1S/C30H27N3O/c31-20-21-11-13-24(14-12-21)30-25(22-7-3-1-4-8-22)19-26-27(32-18-17-28(26)33-30)15-16-29(34)23-9-5-2-6-10-23/h1-14,17-19,29,34H,15-16,20,31H2. The predicted molar refractivity (Wildman–Crippen MR) is 138 cm³/mol. The van der Waals surface area contributed by atoms with Crippen molar-refractivity contribution in [1.29, 1.82) is 0 Å². The molecule has 4 nitrogen and oxygen atoms in total. The summed E-state index contributed by atoms with van der Waals surface area (Å²) in [6.07, 6.45) is 2.54. The molecule has 0 saturated carbocycles. The lowest BCUT2D eigenvalue weighted by molar-refractivity contribution is 0.167. The van der Waals surface area contributed by atoms with Gasteiger partial charge in [-0.15, -0.1) is 0 Å². The number of aliphatic hydroxyl groups excluding tert-OH is 1. The van der Waals surface area contributed by atoms with Crippen LogP contribution in [0.2, 0.25) is 0 Å². The maximum Gasteiger partial charge on any atom is 0.0793 e. The van der Waals surface area contributed by atoms with Gasteiger partial charge in [0.15, 0.2) is 0 Å². The van der Waals surface area contributed by atoms with Crippen molar-refractivity contribution >= 4 is 10.9 Å². The zero-order valence-corrected chi connectivity index (χ0v) is 18.9. The molecule has 0 bridgehead atoms. The van der Waals surface area contributed by atoms with Crippen molar-refractivity contribution in [2.75, 3.05) is 0 Å². The first-order chi connectivity index (χ1) is 16.7. The molecule has 0 aliphatic heterocycles. The number of benzene rings is 3. The fourth-order valence-corrected chi connectivity index (χ4v) is 4.32. The molecule has 0 saturated heterocycles. The Hall–Kier alpha value is -3.86. The number of aryl methyl sites for hydroxylation is 1. The van der Waals surface area contributed by atoms with Gasteiger partial charge < -0.3 is 10.8 Å². The number of pyridine rings is 2. The van der Waals surface area contributed by atoms with E-state index in [1.807, 2.05) is 60.8 Å². The molecule has 0 fully saturated rings. The van der Waals surface area contributed by atoms with Gasteiger partial charge >= 0.3 is 0 Å². The molecule has 3 N–H and O–H groups in total. The summed E-state index contributed by atoms with van der Waals surface area (Å²) in [7, 11) is 0. The van der Waals surface area contributed by atoms with Gasteiger partial charge in [-0.3, -0.25) is 4.98 Å². The van der Waals surface area contributed by atoms with Crippen molar-refractivity contribution in [3.05, 3.63) is 120 Å². The summed E-state index contributed by atoms with van der Waals surface area (Å²) < 4.78 is 0. The molecule has 168 valence electrons. The van der Waals surface area contributed by atoms with E-state index in [2.05, 4.69) is 47.4 Å². The number of nitrogens with zero attached hydrogens (tertiary/aromatic N) is 2. The Bertz CT molecular complexity index is 1380. The monoisotopic (exact) mass is 445 g/mol. The summed E-state index contributed by atoms with van der Waals surface area (Å²) in [5.74, 6) is 0. The molecule has 0 radical (unpaired) electrons. The number of aromatic nitrogens is 2. The molecule has 0 aliphatic rings. The van der Waals surface area contributed by atoms with E-state index < -0.39 is 6.10 Å². The maximum atomic E-state index is 10.7. The van der Waals surface area contributed by atoms with Crippen molar-refractivity contribution in [2.45, 2.75) is 25.5 Å². The van der Waals surface area contributed by atoms with Crippen LogP contribution < -0.4 is 5.73 Å². The van der Waals surface area contributed by atoms with Gasteiger partial charge in [-0.05, 0) is 41.7 Å². The van der Waals surface area contributed by atoms with E-state index in [0.29, 0.717) is 19.4 Å². The van der Waals surface area contributed by atoms with Crippen LogP contribution in [0.3, 0.4) is 0 Å². The molecule has 2 heterocycles. The number of aliphatic hydroxyl groups is 1. The Morgan fingerprint density at radius 1 is 0.794 bits per heavy atom. The quantitative estimate of drug-likeness (QED) is 0.318. The van der Waals surface area contributed by atoms with Gasteiger partial charge in [0.25, 0.3) is 0 Å². The fraction of sp³-hybridized carbons (Fsp3) is 0.133. The summed E-state index contributed by atoms with van der Waals surface area (Å²) in [5.41, 5.74) is 13.8. The van der Waals surface area contributed by atoms with E-state index in [1.165, 1.54) is 0 Å². The molecule has 1 unspecified atom stereocenters. The van der Waals surface area contributed by atoms with Crippen molar-refractivity contribution < 1.29 is 5.11 Å². The Labute approximate surface area is 199 Å². The maximum absolute atomic E-state index is 10.7. The fourth-order valence-electron chi connectivity index (χ4n) is 4.32. The molecule has 3 aromatic carbocycles. The van der Waals surface area contributed by atoms with Crippen LogP contribution in [0.15, 0.2) is 103 Å². The third-order valence-electron chi connectivity index (χ3n) is 6.21. The predicted octanol–water partition coefficient (Wildman–Crippen LogP) is 6.09. The second kappa shape index (κ2) is 9.96. The highest BCUT2D eigenvalue weighted by Gasteiger charge is 2.15. The third kappa shape index (κ3) is 4.60. The molecule has 0 aliphatic carbocycles. The van der Waals surface area contributed by atoms with Crippen LogP contribution in [0.5, 0.6) is 0 Å². The summed E-state index contributed by atoms with van der Waals surface area (Å²) >= 11 is 0. The average molecular weight is 446 g/mol. The van der Waals surface area contributed by atoms with Crippen LogP contribution >= 0.6 is 0 Å². The van der Waals surface area contributed by atoms with Crippen LogP contribution in [-0.4, -0.2) is 15.1 Å². The largest absolute Gasteiger partial charge is 0.388 e. The van der Waals surface area contributed by atoms with Crippen molar-refractivity contribution in [2.24, 2.45) is 5.73 Å². The number of nitrogens with two attached hydrogens (primary N) is 1. The summed E-state index contributed by atoms with van der Waals surface area (Å²) in [5, 5.41) is 11.7. The van der Waals surface area contributed by atoms with Crippen molar-refractivity contribution in [1.82, 2.24) is 9.97 Å². The lowest BCUT2D eigenvalue weighted by atomic mass is 9.95. The van der Waals surface area contributed by atoms with E-state index in [9.17, 15) is 5.11 Å². The van der Waals surface area contributed by atoms with Crippen LogP contribution in [0.1, 0.15) is 29.3 Å². The highest BCUT2D eigenvalue weighted by atomic mass is 16.3. The van der Waals surface area contributed by atoms with Gasteiger partial charge in [-0.1, -0.05) is 84.9 Å². The van der Waals surface area contributed by atoms with Gasteiger partial charge in [0.1, 0.15) is 0 Å². The van der Waals surface area contributed by atoms with Crippen LogP contribution in [0.4, 0.5) is 0 Å².